The summed E-state index contributed by atoms with van der Waals surface area (Å²) in [6.45, 7) is 2.70. The Balaban J connectivity index is 1.78. The quantitative estimate of drug-likeness (QED) is 0.800. The zero-order valence-corrected chi connectivity index (χ0v) is 14.2. The average Bonchev–Trinajstić information content (AvgIpc) is 3.20. The highest BCUT2D eigenvalue weighted by molar-refractivity contribution is 7.10. The predicted octanol–water partition coefficient (Wildman–Crippen LogP) is 3.82. The van der Waals surface area contributed by atoms with Crippen LogP contribution in [0.3, 0.4) is 0 Å². The number of carbonyl (C=O) groups is 1. The molecule has 0 aliphatic carbocycles. The molecule has 3 heterocycles. The zero-order chi connectivity index (χ0) is 15.7. The number of aryl methyl sites for hydroxylation is 2. The van der Waals surface area contributed by atoms with Crippen molar-refractivity contribution < 1.29 is 4.79 Å². The van der Waals surface area contributed by atoms with Crippen LogP contribution < -0.4 is 0 Å². The van der Waals surface area contributed by atoms with Crippen molar-refractivity contribution in [1.29, 1.82) is 0 Å². The summed E-state index contributed by atoms with van der Waals surface area (Å²) in [4.78, 5) is 15.7. The van der Waals surface area contributed by atoms with Crippen molar-refractivity contribution in [2.45, 2.75) is 25.8 Å². The molecule has 0 radical (unpaired) electrons. The molecule has 1 saturated heterocycles. The smallest absolute Gasteiger partial charge is 0.247 e. The summed E-state index contributed by atoms with van der Waals surface area (Å²) in [5, 5.41) is 6.87. The molecule has 0 bridgehead atoms. The third-order valence-corrected chi connectivity index (χ3v) is 5.42. The molecule has 0 aromatic carbocycles. The number of hydrogen-bond acceptors (Lipinski definition) is 3. The number of amides is 1. The lowest BCUT2D eigenvalue weighted by molar-refractivity contribution is -0.126. The van der Waals surface area contributed by atoms with Crippen LogP contribution in [0, 0.1) is 6.92 Å². The first-order chi connectivity index (χ1) is 10.6. The molecule has 1 amide bonds. The van der Waals surface area contributed by atoms with Gasteiger partial charge in [0.05, 0.1) is 11.7 Å². The number of thiophene rings is 1. The number of aromatic nitrogens is 2. The number of likely N-dealkylation sites (tertiary alicyclic amines) is 1. The van der Waals surface area contributed by atoms with Gasteiger partial charge < -0.3 is 4.90 Å². The van der Waals surface area contributed by atoms with Gasteiger partial charge in [-0.1, -0.05) is 17.7 Å². The standard InChI is InChI=1S/C16H18ClN3OS/c1-11-12(16(17)19(2)18-11)7-8-15(21)20-9-3-5-13(20)14-6-4-10-22-14/h4,6-8,10,13H,3,5,9H2,1-2H3/b8-7+. The first-order valence-electron chi connectivity index (χ1n) is 7.29. The van der Waals surface area contributed by atoms with Crippen LogP contribution in [-0.2, 0) is 11.8 Å². The van der Waals surface area contributed by atoms with Crippen LogP contribution in [0.1, 0.15) is 35.0 Å². The fourth-order valence-corrected chi connectivity index (χ4v) is 4.00. The van der Waals surface area contributed by atoms with E-state index in [0.29, 0.717) is 5.15 Å². The Morgan fingerprint density at radius 1 is 1.55 bits per heavy atom. The van der Waals surface area contributed by atoms with Gasteiger partial charge in [0.2, 0.25) is 5.91 Å². The molecule has 1 aliphatic heterocycles. The maximum Gasteiger partial charge on any atom is 0.247 e. The van der Waals surface area contributed by atoms with Gasteiger partial charge in [-0.05, 0) is 37.3 Å². The van der Waals surface area contributed by atoms with E-state index in [1.54, 1.807) is 35.2 Å². The maximum absolute atomic E-state index is 12.5. The summed E-state index contributed by atoms with van der Waals surface area (Å²) in [6, 6.07) is 4.35. The molecule has 6 heteroatoms. The number of carbonyl (C=O) groups excluding carboxylic acids is 1. The van der Waals surface area contributed by atoms with E-state index < -0.39 is 0 Å². The van der Waals surface area contributed by atoms with Crippen molar-refractivity contribution in [2.75, 3.05) is 6.54 Å². The van der Waals surface area contributed by atoms with Crippen LogP contribution in [0.15, 0.2) is 23.6 Å². The van der Waals surface area contributed by atoms with Gasteiger partial charge in [0.25, 0.3) is 0 Å². The topological polar surface area (TPSA) is 38.1 Å². The Morgan fingerprint density at radius 2 is 2.36 bits per heavy atom. The Morgan fingerprint density at radius 3 is 3.00 bits per heavy atom. The van der Waals surface area contributed by atoms with Gasteiger partial charge in [0, 0.05) is 30.1 Å². The fraction of sp³-hybridized carbons (Fsp3) is 0.375. The highest BCUT2D eigenvalue weighted by atomic mass is 35.5. The van der Waals surface area contributed by atoms with E-state index in [9.17, 15) is 4.79 Å². The van der Waals surface area contributed by atoms with Gasteiger partial charge in [-0.3, -0.25) is 9.48 Å². The second kappa shape index (κ2) is 6.26. The molecule has 0 saturated carbocycles. The first-order valence-corrected chi connectivity index (χ1v) is 8.55. The van der Waals surface area contributed by atoms with E-state index >= 15 is 0 Å². The van der Waals surface area contributed by atoms with Crippen molar-refractivity contribution >= 4 is 34.9 Å². The molecule has 1 atom stereocenters. The van der Waals surface area contributed by atoms with Gasteiger partial charge in [-0.2, -0.15) is 5.10 Å². The maximum atomic E-state index is 12.5. The number of nitrogens with zero attached hydrogens (tertiary/aromatic N) is 3. The lowest BCUT2D eigenvalue weighted by Crippen LogP contribution is -2.28. The monoisotopic (exact) mass is 335 g/mol. The minimum Gasteiger partial charge on any atom is -0.331 e. The Bertz CT molecular complexity index is 705. The Labute approximate surface area is 139 Å². The van der Waals surface area contributed by atoms with Gasteiger partial charge in [-0.15, -0.1) is 11.3 Å². The summed E-state index contributed by atoms with van der Waals surface area (Å²) in [7, 11) is 1.79. The molecular weight excluding hydrogens is 318 g/mol. The van der Waals surface area contributed by atoms with Gasteiger partial charge in [0.15, 0.2) is 0 Å². The zero-order valence-electron chi connectivity index (χ0n) is 12.6. The summed E-state index contributed by atoms with van der Waals surface area (Å²) in [5.74, 6) is 0.0372. The molecule has 4 nitrogen and oxygen atoms in total. The van der Waals surface area contributed by atoms with Gasteiger partial charge >= 0.3 is 0 Å². The third-order valence-electron chi connectivity index (χ3n) is 4.00. The highest BCUT2D eigenvalue weighted by Gasteiger charge is 2.29. The second-order valence-electron chi connectivity index (χ2n) is 5.45. The van der Waals surface area contributed by atoms with Crippen LogP contribution in [0.25, 0.3) is 6.08 Å². The summed E-state index contributed by atoms with van der Waals surface area (Å²) < 4.78 is 1.62. The van der Waals surface area contributed by atoms with Crippen LogP contribution in [0.5, 0.6) is 0 Å². The molecular formula is C16H18ClN3OS. The molecule has 2 aromatic rings. The van der Waals surface area contributed by atoms with Crippen molar-refractivity contribution in [3.8, 4) is 0 Å². The van der Waals surface area contributed by atoms with Crippen molar-refractivity contribution in [2.24, 2.45) is 7.05 Å². The van der Waals surface area contributed by atoms with Crippen LogP contribution in [0.2, 0.25) is 5.15 Å². The molecule has 1 fully saturated rings. The highest BCUT2D eigenvalue weighted by Crippen LogP contribution is 2.34. The van der Waals surface area contributed by atoms with E-state index in [-0.39, 0.29) is 11.9 Å². The molecule has 0 spiro atoms. The van der Waals surface area contributed by atoms with Crippen LogP contribution in [0.4, 0.5) is 0 Å². The molecule has 1 aliphatic rings. The van der Waals surface area contributed by atoms with Gasteiger partial charge in [0.1, 0.15) is 5.15 Å². The summed E-state index contributed by atoms with van der Waals surface area (Å²) >= 11 is 7.90. The number of hydrogen-bond donors (Lipinski definition) is 0. The van der Waals surface area contributed by atoms with E-state index in [2.05, 4.69) is 16.5 Å². The van der Waals surface area contributed by atoms with Crippen LogP contribution >= 0.6 is 22.9 Å². The molecule has 1 unspecified atom stereocenters. The van der Waals surface area contributed by atoms with E-state index in [4.69, 9.17) is 11.6 Å². The predicted molar refractivity (Wildman–Crippen MR) is 90.0 cm³/mol. The molecule has 22 heavy (non-hydrogen) atoms. The lowest BCUT2D eigenvalue weighted by Gasteiger charge is -2.22. The summed E-state index contributed by atoms with van der Waals surface area (Å²) in [6.07, 6.45) is 5.47. The SMILES string of the molecule is Cc1nn(C)c(Cl)c1/C=C/C(=O)N1CCCC1c1cccs1. The largest absolute Gasteiger partial charge is 0.331 e. The number of halogens is 1. The Kier molecular flexibility index (Phi) is 4.36. The van der Waals surface area contributed by atoms with Crippen LogP contribution in [-0.4, -0.2) is 27.1 Å². The van der Waals surface area contributed by atoms with Crippen molar-refractivity contribution in [3.05, 3.63) is 44.9 Å². The van der Waals surface area contributed by atoms with E-state index in [1.165, 1.54) is 4.88 Å². The molecule has 2 aromatic heterocycles. The fourth-order valence-electron chi connectivity index (χ4n) is 2.89. The minimum atomic E-state index is 0.0372. The van der Waals surface area contributed by atoms with E-state index in [0.717, 1.165) is 30.6 Å². The second-order valence-corrected chi connectivity index (χ2v) is 6.79. The molecule has 116 valence electrons. The van der Waals surface area contributed by atoms with Crippen molar-refractivity contribution in [1.82, 2.24) is 14.7 Å². The molecule has 0 N–H and O–H groups in total. The lowest BCUT2D eigenvalue weighted by atomic mass is 10.2. The van der Waals surface area contributed by atoms with Crippen molar-refractivity contribution in [3.63, 3.8) is 0 Å². The normalized spacial score (nSPS) is 18.5. The summed E-state index contributed by atoms with van der Waals surface area (Å²) in [5.41, 5.74) is 1.64. The third kappa shape index (κ3) is 2.83. The Hall–Kier alpha value is -1.59. The minimum absolute atomic E-state index is 0.0372. The number of rotatable bonds is 3. The average molecular weight is 336 g/mol. The van der Waals surface area contributed by atoms with Gasteiger partial charge in [-0.25, -0.2) is 0 Å². The molecule has 3 rings (SSSR count). The van der Waals surface area contributed by atoms with E-state index in [1.807, 2.05) is 17.9 Å². The first kappa shape index (κ1) is 15.3.